The zero-order valence-electron chi connectivity index (χ0n) is 10.4. The van der Waals surface area contributed by atoms with Crippen molar-refractivity contribution in [1.82, 2.24) is 0 Å². The quantitative estimate of drug-likeness (QED) is 0.746. The minimum absolute atomic E-state index is 0.00338. The summed E-state index contributed by atoms with van der Waals surface area (Å²) in [5.41, 5.74) is 1.58. The van der Waals surface area contributed by atoms with Gasteiger partial charge in [-0.25, -0.2) is 0 Å². The first-order valence-electron chi connectivity index (χ1n) is 6.08. The lowest BCUT2D eigenvalue weighted by molar-refractivity contribution is 0.0452. The molecule has 2 aromatic rings. The van der Waals surface area contributed by atoms with Crippen LogP contribution in [0.2, 0.25) is 0 Å². The number of hydrogen-bond donors (Lipinski definition) is 0. The third kappa shape index (κ3) is 2.84. The lowest BCUT2D eigenvalue weighted by atomic mass is 10.00. The zero-order valence-corrected chi connectivity index (χ0v) is 10.4. The highest BCUT2D eigenvalue weighted by Gasteiger charge is 2.21. The molecule has 0 bridgehead atoms. The number of Topliss-reactive ketones (excluding diaryl/α,β-unsaturated/α-hetero) is 1. The molecule has 0 saturated carbocycles. The van der Waals surface area contributed by atoms with Crippen molar-refractivity contribution >= 4 is 5.78 Å². The molecule has 2 nitrogen and oxygen atoms in total. The van der Waals surface area contributed by atoms with E-state index in [-0.39, 0.29) is 5.78 Å². The summed E-state index contributed by atoms with van der Waals surface area (Å²) in [4.78, 5) is 12.4. The van der Waals surface area contributed by atoms with Gasteiger partial charge >= 0.3 is 0 Å². The monoisotopic (exact) mass is 240 g/mol. The third-order valence-electron chi connectivity index (χ3n) is 2.73. The van der Waals surface area contributed by atoms with Gasteiger partial charge < -0.3 is 4.74 Å². The molecular weight excluding hydrogens is 224 g/mol. The van der Waals surface area contributed by atoms with Gasteiger partial charge in [-0.2, -0.15) is 0 Å². The molecule has 0 aliphatic carbocycles. The number of benzene rings is 2. The second-order valence-electron chi connectivity index (χ2n) is 3.98. The van der Waals surface area contributed by atoms with Gasteiger partial charge in [0.05, 0.1) is 0 Å². The summed E-state index contributed by atoms with van der Waals surface area (Å²) in [6.45, 7) is 2.41. The molecule has 2 aromatic carbocycles. The van der Waals surface area contributed by atoms with Crippen LogP contribution in [0.5, 0.6) is 0 Å². The van der Waals surface area contributed by atoms with Gasteiger partial charge in [0.1, 0.15) is 6.10 Å². The topological polar surface area (TPSA) is 26.3 Å². The van der Waals surface area contributed by atoms with Gasteiger partial charge in [-0.3, -0.25) is 4.79 Å². The van der Waals surface area contributed by atoms with Crippen molar-refractivity contribution in [2.24, 2.45) is 0 Å². The summed E-state index contributed by atoms with van der Waals surface area (Å²) in [5, 5.41) is 0. The molecule has 0 amide bonds. The number of rotatable bonds is 5. The van der Waals surface area contributed by atoms with Gasteiger partial charge in [0.15, 0.2) is 5.78 Å². The Morgan fingerprint density at radius 2 is 1.56 bits per heavy atom. The average molecular weight is 240 g/mol. The van der Waals surface area contributed by atoms with Crippen molar-refractivity contribution in [2.45, 2.75) is 13.0 Å². The van der Waals surface area contributed by atoms with E-state index in [1.807, 2.05) is 67.6 Å². The zero-order chi connectivity index (χ0) is 12.8. The highest BCUT2D eigenvalue weighted by molar-refractivity contribution is 6.00. The molecule has 0 saturated heterocycles. The average Bonchev–Trinajstić information content (AvgIpc) is 2.46. The van der Waals surface area contributed by atoms with Crippen molar-refractivity contribution in [3.63, 3.8) is 0 Å². The normalized spacial score (nSPS) is 12.1. The first kappa shape index (κ1) is 12.5. The molecule has 0 aromatic heterocycles. The van der Waals surface area contributed by atoms with E-state index in [0.29, 0.717) is 12.2 Å². The van der Waals surface area contributed by atoms with Crippen LogP contribution < -0.4 is 0 Å². The van der Waals surface area contributed by atoms with Crippen LogP contribution >= 0.6 is 0 Å². The fourth-order valence-corrected chi connectivity index (χ4v) is 1.87. The van der Waals surface area contributed by atoms with E-state index < -0.39 is 6.10 Å². The van der Waals surface area contributed by atoms with Crippen LogP contribution in [0, 0.1) is 0 Å². The van der Waals surface area contributed by atoms with E-state index in [4.69, 9.17) is 4.74 Å². The maximum atomic E-state index is 12.4. The summed E-state index contributed by atoms with van der Waals surface area (Å²) in [6.07, 6.45) is -0.515. The summed E-state index contributed by atoms with van der Waals surface area (Å²) in [6, 6.07) is 18.9. The predicted octanol–water partition coefficient (Wildman–Crippen LogP) is 3.65. The molecule has 0 N–H and O–H groups in total. The van der Waals surface area contributed by atoms with E-state index >= 15 is 0 Å². The second kappa shape index (κ2) is 6.12. The molecule has 18 heavy (non-hydrogen) atoms. The molecule has 0 aliphatic heterocycles. The van der Waals surface area contributed by atoms with Crippen molar-refractivity contribution in [3.05, 3.63) is 71.8 Å². The Kier molecular flexibility index (Phi) is 4.26. The molecule has 0 heterocycles. The fourth-order valence-electron chi connectivity index (χ4n) is 1.87. The Morgan fingerprint density at radius 3 is 2.11 bits per heavy atom. The third-order valence-corrected chi connectivity index (χ3v) is 2.73. The Labute approximate surface area is 107 Å². The second-order valence-corrected chi connectivity index (χ2v) is 3.98. The van der Waals surface area contributed by atoms with Crippen molar-refractivity contribution < 1.29 is 9.53 Å². The molecule has 2 heteroatoms. The molecular formula is C16H16O2. The van der Waals surface area contributed by atoms with E-state index in [2.05, 4.69) is 0 Å². The van der Waals surface area contributed by atoms with Crippen LogP contribution in [0.4, 0.5) is 0 Å². The first-order valence-corrected chi connectivity index (χ1v) is 6.08. The lowest BCUT2D eigenvalue weighted by Crippen LogP contribution is -2.16. The van der Waals surface area contributed by atoms with Gasteiger partial charge in [0.25, 0.3) is 0 Å². The van der Waals surface area contributed by atoms with Crippen LogP contribution in [-0.2, 0) is 4.74 Å². The van der Waals surface area contributed by atoms with Gasteiger partial charge in [-0.1, -0.05) is 60.7 Å². The minimum atomic E-state index is -0.515. The number of ketones is 1. The van der Waals surface area contributed by atoms with E-state index in [0.717, 1.165) is 5.56 Å². The SMILES string of the molecule is CCO[C@@H](C(=O)c1ccccc1)c1ccccc1. The molecule has 0 radical (unpaired) electrons. The van der Waals surface area contributed by atoms with Gasteiger partial charge in [0.2, 0.25) is 0 Å². The molecule has 2 rings (SSSR count). The van der Waals surface area contributed by atoms with Crippen molar-refractivity contribution in [3.8, 4) is 0 Å². The van der Waals surface area contributed by atoms with Gasteiger partial charge in [0, 0.05) is 12.2 Å². The molecule has 0 unspecified atom stereocenters. The van der Waals surface area contributed by atoms with Gasteiger partial charge in [-0.15, -0.1) is 0 Å². The first-order chi connectivity index (χ1) is 8.83. The van der Waals surface area contributed by atoms with E-state index in [1.54, 1.807) is 0 Å². The molecule has 1 atom stereocenters. The number of carbonyl (C=O) groups is 1. The molecule has 0 aliphatic rings. The fraction of sp³-hybridized carbons (Fsp3) is 0.188. The van der Waals surface area contributed by atoms with Crippen LogP contribution in [0.3, 0.4) is 0 Å². The standard InChI is InChI=1S/C16H16O2/c1-2-18-16(14-11-7-4-8-12-14)15(17)13-9-5-3-6-10-13/h3-12,16H,2H2,1H3/t16-/m1/s1. The highest BCUT2D eigenvalue weighted by Crippen LogP contribution is 2.22. The summed E-state index contributed by atoms with van der Waals surface area (Å²) in [5.74, 6) is 0.00338. The Hall–Kier alpha value is -1.93. The maximum absolute atomic E-state index is 12.4. The summed E-state index contributed by atoms with van der Waals surface area (Å²) < 4.78 is 5.59. The van der Waals surface area contributed by atoms with Crippen LogP contribution in [0.1, 0.15) is 28.9 Å². The maximum Gasteiger partial charge on any atom is 0.196 e. The van der Waals surface area contributed by atoms with Crippen LogP contribution in [-0.4, -0.2) is 12.4 Å². The number of hydrogen-bond acceptors (Lipinski definition) is 2. The number of ether oxygens (including phenoxy) is 1. The van der Waals surface area contributed by atoms with Crippen LogP contribution in [0.15, 0.2) is 60.7 Å². The summed E-state index contributed by atoms with van der Waals surface area (Å²) in [7, 11) is 0. The molecule has 92 valence electrons. The summed E-state index contributed by atoms with van der Waals surface area (Å²) >= 11 is 0. The number of carbonyl (C=O) groups excluding carboxylic acids is 1. The Morgan fingerprint density at radius 1 is 1.00 bits per heavy atom. The van der Waals surface area contributed by atoms with Crippen molar-refractivity contribution in [2.75, 3.05) is 6.61 Å². The molecule has 0 fully saturated rings. The van der Waals surface area contributed by atoms with Crippen LogP contribution in [0.25, 0.3) is 0 Å². The smallest absolute Gasteiger partial charge is 0.196 e. The molecule has 0 spiro atoms. The predicted molar refractivity (Wildman–Crippen MR) is 71.6 cm³/mol. The van der Waals surface area contributed by atoms with E-state index in [9.17, 15) is 4.79 Å². The van der Waals surface area contributed by atoms with E-state index in [1.165, 1.54) is 0 Å². The Balaban J connectivity index is 2.29. The largest absolute Gasteiger partial charge is 0.366 e. The van der Waals surface area contributed by atoms with Crippen molar-refractivity contribution in [1.29, 1.82) is 0 Å². The Bertz CT molecular complexity index is 491. The lowest BCUT2D eigenvalue weighted by Gasteiger charge is -2.16. The van der Waals surface area contributed by atoms with Gasteiger partial charge in [-0.05, 0) is 12.5 Å². The minimum Gasteiger partial charge on any atom is -0.366 e. The highest BCUT2D eigenvalue weighted by atomic mass is 16.5.